The molecule has 1 aromatic rings. The lowest BCUT2D eigenvalue weighted by molar-refractivity contribution is 0.170. The molecule has 0 radical (unpaired) electrons. The van der Waals surface area contributed by atoms with Crippen LogP contribution in [0.1, 0.15) is 26.3 Å². The predicted octanol–water partition coefficient (Wildman–Crippen LogP) is 2.12. The lowest BCUT2D eigenvalue weighted by Gasteiger charge is -2.23. The first kappa shape index (κ1) is 13.2. The van der Waals surface area contributed by atoms with Gasteiger partial charge in [-0.2, -0.15) is 0 Å². The quantitative estimate of drug-likeness (QED) is 0.778. The van der Waals surface area contributed by atoms with Crippen molar-refractivity contribution in [3.05, 3.63) is 17.0 Å². The summed E-state index contributed by atoms with van der Waals surface area (Å²) in [5.41, 5.74) is 0.737. The summed E-state index contributed by atoms with van der Waals surface area (Å²) < 4.78 is 0. The largest absolute Gasteiger partial charge is 0.396 e. The summed E-state index contributed by atoms with van der Waals surface area (Å²) in [5, 5.41) is 12.8. The van der Waals surface area contributed by atoms with Gasteiger partial charge in [-0.05, 0) is 6.42 Å². The van der Waals surface area contributed by atoms with Crippen LogP contribution in [0.3, 0.4) is 0 Å². The maximum atomic E-state index is 9.15. The van der Waals surface area contributed by atoms with Crippen LogP contribution in [0.15, 0.2) is 6.33 Å². The molecule has 90 valence electrons. The molecule has 1 heterocycles. The molecule has 1 rings (SSSR count). The van der Waals surface area contributed by atoms with Gasteiger partial charge in [0.15, 0.2) is 0 Å². The number of aliphatic hydroxyl groups excluding tert-OH is 1. The first-order chi connectivity index (χ1) is 7.50. The lowest BCUT2D eigenvalue weighted by atomic mass is 9.95. The van der Waals surface area contributed by atoms with Crippen molar-refractivity contribution in [2.75, 3.05) is 18.5 Å². The average Bonchev–Trinajstić information content (AvgIpc) is 2.26. The number of hydrogen-bond acceptors (Lipinski definition) is 4. The Morgan fingerprint density at radius 2 is 2.12 bits per heavy atom. The molecule has 0 spiro atoms. The van der Waals surface area contributed by atoms with Gasteiger partial charge in [0, 0.05) is 24.1 Å². The zero-order valence-corrected chi connectivity index (χ0v) is 10.7. The molecule has 0 aliphatic heterocycles. The summed E-state index contributed by atoms with van der Waals surface area (Å²) in [5.74, 6) is 0.754. The van der Waals surface area contributed by atoms with Crippen LogP contribution < -0.4 is 5.32 Å². The monoisotopic (exact) mass is 243 g/mol. The van der Waals surface area contributed by atoms with Crippen LogP contribution in [0.2, 0.25) is 5.15 Å². The topological polar surface area (TPSA) is 58.0 Å². The molecule has 5 heteroatoms. The van der Waals surface area contributed by atoms with Crippen molar-refractivity contribution in [3.63, 3.8) is 0 Å². The van der Waals surface area contributed by atoms with Gasteiger partial charge in [-0.3, -0.25) is 0 Å². The van der Waals surface area contributed by atoms with E-state index in [1.54, 1.807) is 0 Å². The van der Waals surface area contributed by atoms with Crippen LogP contribution in [0.25, 0.3) is 0 Å². The number of anilines is 1. The van der Waals surface area contributed by atoms with Gasteiger partial charge in [0.1, 0.15) is 17.3 Å². The van der Waals surface area contributed by atoms with Crippen LogP contribution >= 0.6 is 11.6 Å². The van der Waals surface area contributed by atoms with Crippen molar-refractivity contribution < 1.29 is 5.11 Å². The highest BCUT2D eigenvalue weighted by Gasteiger charge is 2.17. The standard InChI is InChI=1S/C11H18ClN3O/c1-4-8-9(12)14-7-15-10(8)13-5-11(2,3)6-16/h7,16H,4-6H2,1-3H3,(H,13,14,15). The molecule has 0 fully saturated rings. The Hall–Kier alpha value is -0.870. The maximum absolute atomic E-state index is 9.15. The molecule has 1 aromatic heterocycles. The molecular formula is C11H18ClN3O. The van der Waals surface area contributed by atoms with Gasteiger partial charge < -0.3 is 10.4 Å². The van der Waals surface area contributed by atoms with E-state index in [1.807, 2.05) is 20.8 Å². The third kappa shape index (κ3) is 3.32. The number of aliphatic hydroxyl groups is 1. The Morgan fingerprint density at radius 3 is 2.69 bits per heavy atom. The van der Waals surface area contributed by atoms with Gasteiger partial charge in [-0.15, -0.1) is 0 Å². The van der Waals surface area contributed by atoms with Crippen molar-refractivity contribution in [2.45, 2.75) is 27.2 Å². The Labute approximate surface area is 101 Å². The fourth-order valence-electron chi connectivity index (χ4n) is 1.24. The summed E-state index contributed by atoms with van der Waals surface area (Å²) in [6.07, 6.45) is 2.22. The lowest BCUT2D eigenvalue weighted by Crippen LogP contribution is -2.27. The van der Waals surface area contributed by atoms with E-state index in [0.717, 1.165) is 17.8 Å². The molecule has 2 N–H and O–H groups in total. The summed E-state index contributed by atoms with van der Waals surface area (Å²) in [6, 6.07) is 0. The van der Waals surface area contributed by atoms with Crippen LogP contribution in [0, 0.1) is 5.41 Å². The average molecular weight is 244 g/mol. The number of halogens is 1. The van der Waals surface area contributed by atoms with E-state index in [1.165, 1.54) is 6.33 Å². The second-order valence-corrected chi connectivity index (χ2v) is 4.88. The molecule has 0 atom stereocenters. The van der Waals surface area contributed by atoms with E-state index in [4.69, 9.17) is 16.7 Å². The first-order valence-corrected chi connectivity index (χ1v) is 5.72. The van der Waals surface area contributed by atoms with Crippen molar-refractivity contribution in [1.82, 2.24) is 9.97 Å². The molecule has 0 bridgehead atoms. The molecular weight excluding hydrogens is 226 g/mol. The molecule has 4 nitrogen and oxygen atoms in total. The number of aromatic nitrogens is 2. The fraction of sp³-hybridized carbons (Fsp3) is 0.636. The minimum Gasteiger partial charge on any atom is -0.396 e. The second kappa shape index (κ2) is 5.46. The second-order valence-electron chi connectivity index (χ2n) is 4.52. The van der Waals surface area contributed by atoms with Crippen molar-refractivity contribution in [3.8, 4) is 0 Å². The number of hydrogen-bond donors (Lipinski definition) is 2. The molecule has 0 amide bonds. The summed E-state index contributed by atoms with van der Waals surface area (Å²) >= 11 is 5.97. The Kier molecular flexibility index (Phi) is 4.50. The van der Waals surface area contributed by atoms with E-state index < -0.39 is 0 Å². The normalized spacial score (nSPS) is 11.6. The van der Waals surface area contributed by atoms with Gasteiger partial charge >= 0.3 is 0 Å². The molecule has 0 aromatic carbocycles. The third-order valence-electron chi connectivity index (χ3n) is 2.41. The highest BCUT2D eigenvalue weighted by Crippen LogP contribution is 2.22. The number of rotatable bonds is 5. The molecule has 0 saturated heterocycles. The maximum Gasteiger partial charge on any atom is 0.137 e. The van der Waals surface area contributed by atoms with E-state index in [9.17, 15) is 0 Å². The van der Waals surface area contributed by atoms with Gasteiger partial charge in [0.25, 0.3) is 0 Å². The summed E-state index contributed by atoms with van der Waals surface area (Å²) in [4.78, 5) is 8.10. The van der Waals surface area contributed by atoms with E-state index in [0.29, 0.717) is 11.7 Å². The highest BCUT2D eigenvalue weighted by molar-refractivity contribution is 6.30. The Balaban J connectivity index is 2.78. The van der Waals surface area contributed by atoms with Crippen molar-refractivity contribution in [1.29, 1.82) is 0 Å². The number of nitrogens with one attached hydrogen (secondary N) is 1. The van der Waals surface area contributed by atoms with Crippen LogP contribution in [-0.2, 0) is 6.42 Å². The SMILES string of the molecule is CCc1c(Cl)ncnc1NCC(C)(C)CO. The van der Waals surface area contributed by atoms with Crippen LogP contribution in [0.5, 0.6) is 0 Å². The molecule has 0 aliphatic carbocycles. The van der Waals surface area contributed by atoms with E-state index in [2.05, 4.69) is 15.3 Å². The molecule has 0 saturated carbocycles. The van der Waals surface area contributed by atoms with Gasteiger partial charge in [0.2, 0.25) is 0 Å². The molecule has 0 aliphatic rings. The predicted molar refractivity (Wildman–Crippen MR) is 65.8 cm³/mol. The zero-order valence-electron chi connectivity index (χ0n) is 9.92. The zero-order chi connectivity index (χ0) is 12.2. The Bertz CT molecular complexity index is 355. The minimum absolute atomic E-state index is 0.125. The Morgan fingerprint density at radius 1 is 1.44 bits per heavy atom. The van der Waals surface area contributed by atoms with Crippen LogP contribution in [0.4, 0.5) is 5.82 Å². The fourth-order valence-corrected chi connectivity index (χ4v) is 1.50. The third-order valence-corrected chi connectivity index (χ3v) is 2.73. The molecule has 16 heavy (non-hydrogen) atoms. The summed E-state index contributed by atoms with van der Waals surface area (Å²) in [7, 11) is 0. The van der Waals surface area contributed by atoms with Gasteiger partial charge in [0.05, 0.1) is 0 Å². The van der Waals surface area contributed by atoms with Gasteiger partial charge in [-0.25, -0.2) is 9.97 Å². The van der Waals surface area contributed by atoms with E-state index >= 15 is 0 Å². The summed E-state index contributed by atoms with van der Waals surface area (Å²) in [6.45, 7) is 6.74. The van der Waals surface area contributed by atoms with Crippen molar-refractivity contribution >= 4 is 17.4 Å². The van der Waals surface area contributed by atoms with Gasteiger partial charge in [-0.1, -0.05) is 32.4 Å². The van der Waals surface area contributed by atoms with Crippen LogP contribution in [-0.4, -0.2) is 28.2 Å². The highest BCUT2D eigenvalue weighted by atomic mass is 35.5. The molecule has 0 unspecified atom stereocenters. The minimum atomic E-state index is -0.178. The first-order valence-electron chi connectivity index (χ1n) is 5.34. The van der Waals surface area contributed by atoms with E-state index in [-0.39, 0.29) is 12.0 Å². The number of nitrogens with zero attached hydrogens (tertiary/aromatic N) is 2. The van der Waals surface area contributed by atoms with Crippen molar-refractivity contribution in [2.24, 2.45) is 5.41 Å². The smallest absolute Gasteiger partial charge is 0.137 e.